The van der Waals surface area contributed by atoms with Gasteiger partial charge in [-0.2, -0.15) is 9.40 Å². The van der Waals surface area contributed by atoms with Crippen molar-refractivity contribution in [3.63, 3.8) is 0 Å². The van der Waals surface area contributed by atoms with Crippen LogP contribution in [0, 0.1) is 6.92 Å². The molecule has 0 saturated carbocycles. The molecule has 9 heteroatoms. The van der Waals surface area contributed by atoms with E-state index in [1.54, 1.807) is 10.7 Å². The largest absolute Gasteiger partial charge is 0.296 e. The summed E-state index contributed by atoms with van der Waals surface area (Å²) in [5, 5.41) is 4.89. The first-order valence-electron chi connectivity index (χ1n) is 7.94. The molecular weight excluding hydrogens is 383 g/mol. The summed E-state index contributed by atoms with van der Waals surface area (Å²) >= 11 is 12.0. The van der Waals surface area contributed by atoms with E-state index in [9.17, 15) is 8.42 Å². The number of nitrogens with zero attached hydrogens (tertiary/aromatic N) is 4. The first-order valence-corrected chi connectivity index (χ1v) is 10.1. The second-order valence-electron chi connectivity index (χ2n) is 6.17. The number of hydrogen-bond acceptors (Lipinski definition) is 4. The Morgan fingerprint density at radius 3 is 2.44 bits per heavy atom. The quantitative estimate of drug-likeness (QED) is 0.788. The van der Waals surface area contributed by atoms with Crippen molar-refractivity contribution < 1.29 is 8.42 Å². The number of piperazine rings is 1. The van der Waals surface area contributed by atoms with Crippen LogP contribution in [0.5, 0.6) is 0 Å². The van der Waals surface area contributed by atoms with Crippen molar-refractivity contribution in [2.75, 3.05) is 26.2 Å². The third-order valence-corrected chi connectivity index (χ3v) is 6.97. The highest BCUT2D eigenvalue weighted by Crippen LogP contribution is 2.28. The van der Waals surface area contributed by atoms with E-state index in [-0.39, 0.29) is 9.92 Å². The average Bonchev–Trinajstić information content (AvgIpc) is 2.87. The fraction of sp³-hybridized carbons (Fsp3) is 0.438. The molecule has 0 spiro atoms. The average molecular weight is 403 g/mol. The Morgan fingerprint density at radius 2 is 1.84 bits per heavy atom. The molecule has 0 aliphatic carbocycles. The second kappa shape index (κ2) is 7.25. The Kier molecular flexibility index (Phi) is 5.41. The topological polar surface area (TPSA) is 58.4 Å². The molecule has 0 bridgehead atoms. The minimum atomic E-state index is -3.64. The lowest BCUT2D eigenvalue weighted by Crippen LogP contribution is -2.48. The zero-order valence-corrected chi connectivity index (χ0v) is 16.4. The fourth-order valence-corrected chi connectivity index (χ4v) is 5.15. The predicted molar refractivity (Wildman–Crippen MR) is 98.4 cm³/mol. The van der Waals surface area contributed by atoms with Gasteiger partial charge in [0.15, 0.2) is 0 Å². The Hall–Kier alpha value is -1.12. The molecule has 6 nitrogen and oxygen atoms in total. The first kappa shape index (κ1) is 18.7. The molecule has 25 heavy (non-hydrogen) atoms. The number of hydrogen-bond donors (Lipinski definition) is 0. The first-order chi connectivity index (χ1) is 11.8. The van der Waals surface area contributed by atoms with Crippen LogP contribution >= 0.6 is 23.2 Å². The molecule has 1 aliphatic heterocycles. The lowest BCUT2D eigenvalue weighted by molar-refractivity contribution is 0.181. The molecule has 0 N–H and O–H groups in total. The standard InChI is InChI=1S/C16H20Cl2N4O2S/c1-12-13(10-20(2)19-12)11-21-5-7-22(8-6-21)25(23,24)16-9-14(17)3-4-15(16)18/h3-4,9-10H,5-8,11H2,1-2H3. The molecule has 1 fully saturated rings. The lowest BCUT2D eigenvalue weighted by Gasteiger charge is -2.34. The van der Waals surface area contributed by atoms with Gasteiger partial charge in [0, 0.05) is 56.6 Å². The smallest absolute Gasteiger partial charge is 0.244 e. The predicted octanol–water partition coefficient (Wildman–Crippen LogP) is 2.54. The van der Waals surface area contributed by atoms with Crippen molar-refractivity contribution in [1.82, 2.24) is 19.0 Å². The van der Waals surface area contributed by atoms with Gasteiger partial charge in [0.1, 0.15) is 4.90 Å². The zero-order valence-electron chi connectivity index (χ0n) is 14.1. The SMILES string of the molecule is Cc1nn(C)cc1CN1CCN(S(=O)(=O)c2cc(Cl)ccc2Cl)CC1. The van der Waals surface area contributed by atoms with Gasteiger partial charge in [0.05, 0.1) is 10.7 Å². The number of sulfonamides is 1. The van der Waals surface area contributed by atoms with Crippen LogP contribution in [0.15, 0.2) is 29.3 Å². The van der Waals surface area contributed by atoms with Crippen molar-refractivity contribution in [3.05, 3.63) is 45.7 Å². The van der Waals surface area contributed by atoms with E-state index >= 15 is 0 Å². The number of benzene rings is 1. The summed E-state index contributed by atoms with van der Waals surface area (Å²) in [6.07, 6.45) is 2.00. The molecule has 2 heterocycles. The number of rotatable bonds is 4. The molecule has 0 radical (unpaired) electrons. The maximum absolute atomic E-state index is 12.8. The van der Waals surface area contributed by atoms with Crippen molar-refractivity contribution in [2.45, 2.75) is 18.4 Å². The van der Waals surface area contributed by atoms with E-state index in [0.29, 0.717) is 31.2 Å². The van der Waals surface area contributed by atoms with E-state index in [0.717, 1.165) is 17.8 Å². The lowest BCUT2D eigenvalue weighted by atomic mass is 10.2. The van der Waals surface area contributed by atoms with Gasteiger partial charge in [-0.3, -0.25) is 9.58 Å². The van der Waals surface area contributed by atoms with Gasteiger partial charge in [-0.1, -0.05) is 23.2 Å². The molecular formula is C16H20Cl2N4O2S. The highest BCUT2D eigenvalue weighted by Gasteiger charge is 2.30. The summed E-state index contributed by atoms with van der Waals surface area (Å²) in [5.74, 6) is 0. The molecule has 136 valence electrons. The van der Waals surface area contributed by atoms with Crippen LogP contribution in [-0.2, 0) is 23.6 Å². The molecule has 0 amide bonds. The van der Waals surface area contributed by atoms with Crippen molar-refractivity contribution in [1.29, 1.82) is 0 Å². The molecule has 1 saturated heterocycles. The summed E-state index contributed by atoms with van der Waals surface area (Å²) in [7, 11) is -1.74. The van der Waals surface area contributed by atoms with Gasteiger partial charge in [-0.25, -0.2) is 8.42 Å². The molecule has 0 unspecified atom stereocenters. The van der Waals surface area contributed by atoms with Crippen molar-refractivity contribution >= 4 is 33.2 Å². The summed E-state index contributed by atoms with van der Waals surface area (Å²) in [6, 6.07) is 4.50. The van der Waals surface area contributed by atoms with Gasteiger partial charge in [0.25, 0.3) is 0 Å². The van der Waals surface area contributed by atoms with Gasteiger partial charge >= 0.3 is 0 Å². The maximum Gasteiger partial charge on any atom is 0.244 e. The number of aryl methyl sites for hydroxylation is 2. The molecule has 1 aliphatic rings. The molecule has 3 rings (SSSR count). The van der Waals surface area contributed by atoms with E-state index in [1.165, 1.54) is 16.4 Å². The summed E-state index contributed by atoms with van der Waals surface area (Å²) in [5.41, 5.74) is 2.17. The van der Waals surface area contributed by atoms with Gasteiger partial charge in [-0.15, -0.1) is 0 Å². The Morgan fingerprint density at radius 1 is 1.16 bits per heavy atom. The summed E-state index contributed by atoms with van der Waals surface area (Å²) in [4.78, 5) is 2.30. The summed E-state index contributed by atoms with van der Waals surface area (Å²) in [6.45, 7) is 4.91. The monoisotopic (exact) mass is 402 g/mol. The third kappa shape index (κ3) is 4.01. The molecule has 0 atom stereocenters. The van der Waals surface area contributed by atoms with Gasteiger partial charge in [-0.05, 0) is 25.1 Å². The van der Waals surface area contributed by atoms with E-state index in [1.807, 2.05) is 20.2 Å². The third-order valence-electron chi connectivity index (χ3n) is 4.35. The van der Waals surface area contributed by atoms with E-state index in [4.69, 9.17) is 23.2 Å². The van der Waals surface area contributed by atoms with E-state index in [2.05, 4.69) is 10.00 Å². The van der Waals surface area contributed by atoms with Crippen LogP contribution < -0.4 is 0 Å². The van der Waals surface area contributed by atoms with Crippen LogP contribution in [0.3, 0.4) is 0 Å². The fourth-order valence-electron chi connectivity index (χ4n) is 2.99. The van der Waals surface area contributed by atoms with Gasteiger partial charge in [0.2, 0.25) is 10.0 Å². The summed E-state index contributed by atoms with van der Waals surface area (Å²) < 4.78 is 28.9. The maximum atomic E-state index is 12.8. The molecule has 1 aromatic carbocycles. The minimum absolute atomic E-state index is 0.0678. The Balaban J connectivity index is 1.69. The van der Waals surface area contributed by atoms with Crippen molar-refractivity contribution in [2.24, 2.45) is 7.05 Å². The number of aromatic nitrogens is 2. The normalized spacial score (nSPS) is 17.1. The highest BCUT2D eigenvalue weighted by atomic mass is 35.5. The zero-order chi connectivity index (χ0) is 18.2. The van der Waals surface area contributed by atoms with Gasteiger partial charge < -0.3 is 0 Å². The minimum Gasteiger partial charge on any atom is -0.296 e. The number of halogens is 2. The molecule has 2 aromatic rings. The van der Waals surface area contributed by atoms with Crippen LogP contribution in [0.1, 0.15) is 11.3 Å². The Labute approximate surface area is 158 Å². The highest BCUT2D eigenvalue weighted by molar-refractivity contribution is 7.89. The van der Waals surface area contributed by atoms with Crippen LogP contribution in [0.2, 0.25) is 10.0 Å². The molecule has 1 aromatic heterocycles. The van der Waals surface area contributed by atoms with Crippen LogP contribution in [0.25, 0.3) is 0 Å². The van der Waals surface area contributed by atoms with E-state index < -0.39 is 10.0 Å². The van der Waals surface area contributed by atoms with Crippen LogP contribution in [-0.4, -0.2) is 53.6 Å². The Bertz CT molecular complexity index is 874. The van der Waals surface area contributed by atoms with Crippen molar-refractivity contribution in [3.8, 4) is 0 Å². The van der Waals surface area contributed by atoms with Crippen LogP contribution in [0.4, 0.5) is 0 Å². The second-order valence-corrected chi connectivity index (χ2v) is 8.92.